The molecule has 5 rings (SSSR count). The van der Waals surface area contributed by atoms with Gasteiger partial charge in [-0.25, -0.2) is 4.98 Å². The Labute approximate surface area is 162 Å². The van der Waals surface area contributed by atoms with Gasteiger partial charge in [0.1, 0.15) is 5.82 Å². The number of hydrogen-bond acceptors (Lipinski definition) is 4. The van der Waals surface area contributed by atoms with Crippen molar-refractivity contribution >= 4 is 22.7 Å². The summed E-state index contributed by atoms with van der Waals surface area (Å²) in [7, 11) is 0. The highest BCUT2D eigenvalue weighted by Crippen LogP contribution is 2.49. The van der Waals surface area contributed by atoms with Gasteiger partial charge >= 0.3 is 0 Å². The fourth-order valence-electron chi connectivity index (χ4n) is 5.34. The van der Waals surface area contributed by atoms with E-state index < -0.39 is 5.91 Å². The number of benzene rings is 1. The monoisotopic (exact) mass is 380 g/mol. The summed E-state index contributed by atoms with van der Waals surface area (Å²) in [6.45, 7) is 0.702. The quantitative estimate of drug-likeness (QED) is 0.796. The first-order valence-corrected chi connectivity index (χ1v) is 10.2. The molecule has 0 saturated heterocycles. The fourth-order valence-corrected chi connectivity index (χ4v) is 5.34. The second kappa shape index (κ2) is 6.72. The number of carbonyl (C=O) groups excluding carboxylic acids is 2. The van der Waals surface area contributed by atoms with E-state index in [1.807, 2.05) is 0 Å². The predicted molar refractivity (Wildman–Crippen MR) is 103 cm³/mol. The Kier molecular flexibility index (Phi) is 4.18. The van der Waals surface area contributed by atoms with E-state index in [1.54, 1.807) is 22.8 Å². The Bertz CT molecular complexity index is 1030. The lowest BCUT2D eigenvalue weighted by Crippen LogP contribution is -2.42. The molecule has 0 unspecified atom stereocenters. The van der Waals surface area contributed by atoms with Crippen LogP contribution in [0.5, 0.6) is 0 Å². The van der Waals surface area contributed by atoms with Gasteiger partial charge in [0.05, 0.1) is 10.9 Å². The van der Waals surface area contributed by atoms with Crippen LogP contribution in [0.4, 0.5) is 0 Å². The van der Waals surface area contributed by atoms with Crippen LogP contribution in [0.2, 0.25) is 0 Å². The van der Waals surface area contributed by atoms with Crippen molar-refractivity contribution in [3.63, 3.8) is 0 Å². The van der Waals surface area contributed by atoms with Crippen LogP contribution < -0.4 is 16.4 Å². The van der Waals surface area contributed by atoms with Crippen LogP contribution >= 0.6 is 0 Å². The molecule has 2 amide bonds. The number of hydrazine groups is 1. The predicted octanol–water partition coefficient (Wildman–Crippen LogP) is 1.93. The van der Waals surface area contributed by atoms with E-state index in [9.17, 15) is 14.4 Å². The van der Waals surface area contributed by atoms with Crippen LogP contribution in [-0.2, 0) is 17.8 Å². The van der Waals surface area contributed by atoms with Crippen molar-refractivity contribution in [2.24, 2.45) is 17.8 Å². The lowest BCUT2D eigenvalue weighted by Gasteiger charge is -2.20. The molecule has 2 saturated carbocycles. The summed E-state index contributed by atoms with van der Waals surface area (Å²) in [5.74, 6) is 2.17. The molecule has 2 aliphatic carbocycles. The van der Waals surface area contributed by atoms with Crippen LogP contribution in [0.25, 0.3) is 10.9 Å². The average molecular weight is 380 g/mol. The highest BCUT2D eigenvalue weighted by molar-refractivity contribution is 5.98. The zero-order valence-corrected chi connectivity index (χ0v) is 15.7. The highest BCUT2D eigenvalue weighted by atomic mass is 16.2. The zero-order valence-electron chi connectivity index (χ0n) is 15.7. The lowest BCUT2D eigenvalue weighted by molar-refractivity contribution is -0.123. The van der Waals surface area contributed by atoms with Crippen LogP contribution in [0.3, 0.4) is 0 Å². The Hall–Kier alpha value is -2.70. The first kappa shape index (κ1) is 17.4. The van der Waals surface area contributed by atoms with Crippen molar-refractivity contribution in [3.05, 3.63) is 39.9 Å². The van der Waals surface area contributed by atoms with Gasteiger partial charge in [-0.15, -0.1) is 0 Å². The molecular weight excluding hydrogens is 356 g/mol. The normalized spacial score (nSPS) is 25.1. The molecule has 146 valence electrons. The number of hydrogen-bond donors (Lipinski definition) is 2. The Morgan fingerprint density at radius 2 is 2.07 bits per heavy atom. The van der Waals surface area contributed by atoms with Crippen LogP contribution in [0.1, 0.15) is 54.7 Å². The topological polar surface area (TPSA) is 93.1 Å². The summed E-state index contributed by atoms with van der Waals surface area (Å²) in [6, 6.07) is 4.86. The van der Waals surface area contributed by atoms with E-state index >= 15 is 0 Å². The summed E-state index contributed by atoms with van der Waals surface area (Å²) in [5.41, 5.74) is 5.89. The number of nitrogens with zero attached hydrogens (tertiary/aromatic N) is 2. The third-order valence-electron chi connectivity index (χ3n) is 6.73. The molecule has 2 N–H and O–H groups in total. The molecule has 2 heterocycles. The minimum atomic E-state index is -0.398. The molecule has 1 aromatic carbocycles. The highest BCUT2D eigenvalue weighted by Gasteiger charge is 2.40. The zero-order chi connectivity index (χ0) is 19.3. The number of nitrogens with one attached hydrogen (secondary N) is 2. The molecule has 3 aliphatic rings. The number of aryl methyl sites for hydroxylation is 1. The Morgan fingerprint density at radius 1 is 1.18 bits per heavy atom. The molecular formula is C21H24N4O3. The van der Waals surface area contributed by atoms with Gasteiger partial charge in [-0.3, -0.25) is 29.8 Å². The second-order valence-electron chi connectivity index (χ2n) is 8.46. The average Bonchev–Trinajstić information content (AvgIpc) is 3.42. The maximum absolute atomic E-state index is 12.5. The number of aromatic nitrogens is 2. The van der Waals surface area contributed by atoms with E-state index in [2.05, 4.69) is 15.8 Å². The van der Waals surface area contributed by atoms with Gasteiger partial charge in [-0.1, -0.05) is 6.42 Å². The van der Waals surface area contributed by atoms with E-state index in [-0.39, 0.29) is 11.5 Å². The largest absolute Gasteiger partial charge is 0.296 e. The molecule has 2 fully saturated rings. The van der Waals surface area contributed by atoms with Crippen molar-refractivity contribution < 1.29 is 9.59 Å². The van der Waals surface area contributed by atoms with Crippen LogP contribution in [-0.4, -0.2) is 21.4 Å². The lowest BCUT2D eigenvalue weighted by atomic mass is 9.86. The van der Waals surface area contributed by atoms with Gasteiger partial charge in [-0.05, 0) is 61.6 Å². The maximum atomic E-state index is 12.5. The molecule has 7 nitrogen and oxygen atoms in total. The third kappa shape index (κ3) is 2.99. The van der Waals surface area contributed by atoms with Crippen molar-refractivity contribution in [3.8, 4) is 0 Å². The molecule has 28 heavy (non-hydrogen) atoms. The van der Waals surface area contributed by atoms with E-state index in [0.717, 1.165) is 31.0 Å². The van der Waals surface area contributed by atoms with Gasteiger partial charge < -0.3 is 0 Å². The standard InChI is InChI=1S/C21H24N4O3/c26-19(11-15-9-12-3-4-13(15)8-12)23-24-20(27)14-5-6-16-17(10-14)22-18-2-1-7-25(18)21(16)28/h5-6,10,12-13,15H,1-4,7-9,11H2,(H,23,26)(H,24,27)/t12-,13-,15-/m0/s1. The van der Waals surface area contributed by atoms with Crippen LogP contribution in [0, 0.1) is 17.8 Å². The van der Waals surface area contributed by atoms with Crippen molar-refractivity contribution in [2.75, 3.05) is 0 Å². The summed E-state index contributed by atoms with van der Waals surface area (Å²) >= 11 is 0. The van der Waals surface area contributed by atoms with Gasteiger partial charge in [0, 0.05) is 24.9 Å². The number of rotatable bonds is 3. The molecule has 2 bridgehead atoms. The number of fused-ring (bicyclic) bond motifs is 4. The van der Waals surface area contributed by atoms with Crippen molar-refractivity contribution in [1.29, 1.82) is 0 Å². The van der Waals surface area contributed by atoms with Crippen molar-refractivity contribution in [1.82, 2.24) is 20.4 Å². The SMILES string of the molecule is O=C(C[C@@H]1C[C@H]2CC[C@H]1C2)NNC(=O)c1ccc2c(=O)n3c(nc2c1)CCC3. The summed E-state index contributed by atoms with van der Waals surface area (Å²) in [6.07, 6.45) is 7.12. The molecule has 0 spiro atoms. The number of carbonyl (C=O) groups is 2. The van der Waals surface area contributed by atoms with Crippen LogP contribution in [0.15, 0.2) is 23.0 Å². The van der Waals surface area contributed by atoms with Gasteiger partial charge in [0.2, 0.25) is 5.91 Å². The van der Waals surface area contributed by atoms with Gasteiger partial charge in [0.25, 0.3) is 11.5 Å². The minimum Gasteiger partial charge on any atom is -0.296 e. The van der Waals surface area contributed by atoms with Gasteiger partial charge in [0.15, 0.2) is 0 Å². The summed E-state index contributed by atoms with van der Waals surface area (Å²) < 4.78 is 1.71. The molecule has 2 aromatic rings. The van der Waals surface area contributed by atoms with E-state index in [1.165, 1.54) is 19.3 Å². The number of amides is 2. The Morgan fingerprint density at radius 3 is 2.86 bits per heavy atom. The molecule has 7 heteroatoms. The van der Waals surface area contributed by atoms with E-state index in [4.69, 9.17) is 0 Å². The third-order valence-corrected chi connectivity index (χ3v) is 6.73. The molecule has 3 atom stereocenters. The fraction of sp³-hybridized carbons (Fsp3) is 0.524. The maximum Gasteiger partial charge on any atom is 0.269 e. The second-order valence-corrected chi connectivity index (χ2v) is 8.46. The smallest absolute Gasteiger partial charge is 0.269 e. The summed E-state index contributed by atoms with van der Waals surface area (Å²) in [5, 5.41) is 0.516. The molecule has 0 radical (unpaired) electrons. The van der Waals surface area contributed by atoms with Gasteiger partial charge in [-0.2, -0.15) is 0 Å². The molecule has 1 aliphatic heterocycles. The Balaban J connectivity index is 1.25. The minimum absolute atomic E-state index is 0.0522. The van der Waals surface area contributed by atoms with E-state index in [0.29, 0.717) is 41.3 Å². The summed E-state index contributed by atoms with van der Waals surface area (Å²) in [4.78, 5) is 41.7. The first-order valence-electron chi connectivity index (χ1n) is 10.2. The first-order chi connectivity index (χ1) is 13.6. The molecule has 1 aromatic heterocycles. The van der Waals surface area contributed by atoms with Crippen molar-refractivity contribution in [2.45, 2.75) is 51.5 Å².